The predicted molar refractivity (Wildman–Crippen MR) is 117 cm³/mol. The first-order chi connectivity index (χ1) is 14.6. The van der Waals surface area contributed by atoms with Crippen LogP contribution < -0.4 is 4.90 Å². The van der Waals surface area contributed by atoms with Gasteiger partial charge in [-0.25, -0.2) is 4.39 Å². The molecule has 3 aromatic rings. The molecular weight excluding hydrogens is 379 g/mol. The van der Waals surface area contributed by atoms with Crippen molar-refractivity contribution in [1.29, 1.82) is 0 Å². The van der Waals surface area contributed by atoms with Crippen LogP contribution in [0.1, 0.15) is 30.1 Å². The van der Waals surface area contributed by atoms with E-state index in [-0.39, 0.29) is 23.5 Å². The fourth-order valence-electron chi connectivity index (χ4n) is 4.14. The van der Waals surface area contributed by atoms with Crippen LogP contribution in [0.3, 0.4) is 0 Å². The van der Waals surface area contributed by atoms with E-state index in [0.29, 0.717) is 38.0 Å². The number of nitrogens with zero attached hydrogens (tertiary/aromatic N) is 2. The summed E-state index contributed by atoms with van der Waals surface area (Å²) in [5.74, 6) is -0.456. The molecule has 154 valence electrons. The molecule has 2 amide bonds. The van der Waals surface area contributed by atoms with Gasteiger partial charge in [0.25, 0.3) is 5.91 Å². The number of halogens is 1. The number of benzene rings is 3. The third kappa shape index (κ3) is 4.06. The summed E-state index contributed by atoms with van der Waals surface area (Å²) < 4.78 is 13.1. The minimum atomic E-state index is -0.357. The van der Waals surface area contributed by atoms with Crippen molar-refractivity contribution in [2.75, 3.05) is 24.5 Å². The number of rotatable bonds is 4. The maximum absolute atomic E-state index is 13.2. The van der Waals surface area contributed by atoms with Crippen LogP contribution in [0.15, 0.2) is 66.7 Å². The van der Waals surface area contributed by atoms with E-state index in [2.05, 4.69) is 18.2 Å². The minimum Gasteiger partial charge on any atom is -0.339 e. The van der Waals surface area contributed by atoms with Gasteiger partial charge in [0.2, 0.25) is 5.91 Å². The number of carbonyl (C=O) groups excluding carboxylic acids is 2. The summed E-state index contributed by atoms with van der Waals surface area (Å²) in [7, 11) is 0. The van der Waals surface area contributed by atoms with Crippen molar-refractivity contribution in [3.8, 4) is 0 Å². The fraction of sp³-hybridized carbons (Fsp3) is 0.280. The molecule has 0 saturated carbocycles. The molecule has 0 aliphatic carbocycles. The van der Waals surface area contributed by atoms with E-state index in [1.54, 1.807) is 4.90 Å². The number of hydrogen-bond donors (Lipinski definition) is 0. The molecule has 1 heterocycles. The van der Waals surface area contributed by atoms with Crippen LogP contribution in [-0.4, -0.2) is 36.3 Å². The molecule has 4 nitrogen and oxygen atoms in total. The second-order valence-corrected chi connectivity index (χ2v) is 7.69. The van der Waals surface area contributed by atoms with E-state index in [4.69, 9.17) is 0 Å². The lowest BCUT2D eigenvalue weighted by Crippen LogP contribution is -2.44. The molecule has 1 aliphatic heterocycles. The number of anilines is 1. The molecule has 0 atom stereocenters. The summed E-state index contributed by atoms with van der Waals surface area (Å²) >= 11 is 0. The van der Waals surface area contributed by atoms with E-state index < -0.39 is 0 Å². The van der Waals surface area contributed by atoms with E-state index in [9.17, 15) is 14.0 Å². The Bertz CT molecular complexity index is 1060. The summed E-state index contributed by atoms with van der Waals surface area (Å²) in [6.45, 7) is 3.65. The molecule has 4 rings (SSSR count). The number of likely N-dealkylation sites (tertiary alicyclic amines) is 1. The van der Waals surface area contributed by atoms with Crippen LogP contribution in [0.2, 0.25) is 0 Å². The van der Waals surface area contributed by atoms with Crippen molar-refractivity contribution in [2.24, 2.45) is 5.92 Å². The highest BCUT2D eigenvalue weighted by molar-refractivity contribution is 5.98. The van der Waals surface area contributed by atoms with Gasteiger partial charge in [-0.2, -0.15) is 0 Å². The summed E-state index contributed by atoms with van der Waals surface area (Å²) in [6, 6.07) is 19.8. The highest BCUT2D eigenvalue weighted by Gasteiger charge is 2.30. The second kappa shape index (κ2) is 8.66. The molecule has 1 fully saturated rings. The standard InChI is InChI=1S/C25H25FN2O2/c1-2-28(23-12-9-18-5-3-4-6-21(18)17-23)25(30)20-13-15-27(16-14-20)24(29)19-7-10-22(26)11-8-19/h3-12,17,20H,2,13-16H2,1H3. The Labute approximate surface area is 175 Å². The molecule has 3 aromatic carbocycles. The Morgan fingerprint density at radius 2 is 1.63 bits per heavy atom. The second-order valence-electron chi connectivity index (χ2n) is 7.69. The third-order valence-corrected chi connectivity index (χ3v) is 5.85. The maximum Gasteiger partial charge on any atom is 0.253 e. The average Bonchev–Trinajstić information content (AvgIpc) is 2.79. The molecule has 1 aliphatic rings. The zero-order valence-corrected chi connectivity index (χ0v) is 17.1. The van der Waals surface area contributed by atoms with Gasteiger partial charge in [0.15, 0.2) is 0 Å². The van der Waals surface area contributed by atoms with E-state index in [0.717, 1.165) is 16.5 Å². The van der Waals surface area contributed by atoms with Crippen LogP contribution in [0.5, 0.6) is 0 Å². The van der Waals surface area contributed by atoms with Crippen molar-refractivity contribution in [1.82, 2.24) is 4.90 Å². The smallest absolute Gasteiger partial charge is 0.253 e. The van der Waals surface area contributed by atoms with E-state index in [1.165, 1.54) is 24.3 Å². The lowest BCUT2D eigenvalue weighted by atomic mass is 9.94. The van der Waals surface area contributed by atoms with Gasteiger partial charge in [0.1, 0.15) is 5.82 Å². The van der Waals surface area contributed by atoms with Crippen molar-refractivity contribution in [2.45, 2.75) is 19.8 Å². The maximum atomic E-state index is 13.2. The Balaban J connectivity index is 1.43. The number of carbonyl (C=O) groups is 2. The topological polar surface area (TPSA) is 40.6 Å². The first kappa shape index (κ1) is 20.1. The molecule has 5 heteroatoms. The quantitative estimate of drug-likeness (QED) is 0.622. The third-order valence-electron chi connectivity index (χ3n) is 5.85. The van der Waals surface area contributed by atoms with Crippen LogP contribution >= 0.6 is 0 Å². The molecule has 0 radical (unpaired) electrons. The van der Waals surface area contributed by atoms with Crippen LogP contribution in [0.4, 0.5) is 10.1 Å². The number of piperidine rings is 1. The van der Waals surface area contributed by atoms with Gasteiger partial charge >= 0.3 is 0 Å². The van der Waals surface area contributed by atoms with Crippen molar-refractivity contribution < 1.29 is 14.0 Å². The van der Waals surface area contributed by atoms with E-state index in [1.807, 2.05) is 36.1 Å². The Morgan fingerprint density at radius 3 is 2.30 bits per heavy atom. The largest absolute Gasteiger partial charge is 0.339 e. The van der Waals surface area contributed by atoms with Crippen LogP contribution in [0.25, 0.3) is 10.8 Å². The van der Waals surface area contributed by atoms with Gasteiger partial charge < -0.3 is 9.80 Å². The summed E-state index contributed by atoms with van der Waals surface area (Å²) in [4.78, 5) is 29.5. The Morgan fingerprint density at radius 1 is 0.967 bits per heavy atom. The predicted octanol–water partition coefficient (Wildman–Crippen LogP) is 4.88. The van der Waals surface area contributed by atoms with Crippen molar-refractivity contribution in [3.63, 3.8) is 0 Å². The van der Waals surface area contributed by atoms with Gasteiger partial charge in [-0.15, -0.1) is 0 Å². The normalized spacial score (nSPS) is 14.7. The van der Waals surface area contributed by atoms with Crippen LogP contribution in [-0.2, 0) is 4.79 Å². The SMILES string of the molecule is CCN(C(=O)C1CCN(C(=O)c2ccc(F)cc2)CC1)c1ccc2ccccc2c1. The van der Waals surface area contributed by atoms with Crippen molar-refractivity contribution >= 4 is 28.3 Å². The fourth-order valence-corrected chi connectivity index (χ4v) is 4.14. The summed E-state index contributed by atoms with van der Waals surface area (Å²) in [5, 5.41) is 2.26. The molecule has 0 unspecified atom stereocenters. The highest BCUT2D eigenvalue weighted by Crippen LogP contribution is 2.27. The molecule has 0 spiro atoms. The molecule has 0 N–H and O–H groups in total. The number of hydrogen-bond acceptors (Lipinski definition) is 2. The number of fused-ring (bicyclic) bond motifs is 1. The highest BCUT2D eigenvalue weighted by atomic mass is 19.1. The summed E-state index contributed by atoms with van der Waals surface area (Å²) in [5.41, 5.74) is 1.39. The van der Waals surface area contributed by atoms with Crippen LogP contribution in [0, 0.1) is 11.7 Å². The zero-order valence-electron chi connectivity index (χ0n) is 17.1. The van der Waals surface area contributed by atoms with Gasteiger partial charge in [-0.3, -0.25) is 9.59 Å². The first-order valence-corrected chi connectivity index (χ1v) is 10.4. The Hall–Kier alpha value is -3.21. The molecule has 1 saturated heterocycles. The van der Waals surface area contributed by atoms with Gasteiger partial charge in [-0.1, -0.05) is 30.3 Å². The molecular formula is C25H25FN2O2. The van der Waals surface area contributed by atoms with Crippen molar-refractivity contribution in [3.05, 3.63) is 78.1 Å². The molecule has 0 aromatic heterocycles. The number of amides is 2. The lowest BCUT2D eigenvalue weighted by Gasteiger charge is -2.34. The van der Waals surface area contributed by atoms with Gasteiger partial charge in [0, 0.05) is 36.8 Å². The molecule has 30 heavy (non-hydrogen) atoms. The Kier molecular flexibility index (Phi) is 5.79. The lowest BCUT2D eigenvalue weighted by molar-refractivity contribution is -0.123. The van der Waals surface area contributed by atoms with Gasteiger partial charge in [0.05, 0.1) is 0 Å². The first-order valence-electron chi connectivity index (χ1n) is 10.4. The summed E-state index contributed by atoms with van der Waals surface area (Å²) in [6.07, 6.45) is 1.27. The van der Waals surface area contributed by atoms with E-state index >= 15 is 0 Å². The monoisotopic (exact) mass is 404 g/mol. The average molecular weight is 404 g/mol. The minimum absolute atomic E-state index is 0.103. The van der Waals surface area contributed by atoms with Gasteiger partial charge in [-0.05, 0) is 66.9 Å². The molecule has 0 bridgehead atoms. The zero-order chi connectivity index (χ0) is 21.1.